The van der Waals surface area contributed by atoms with Crippen LogP contribution in [0.1, 0.15) is 5.56 Å². The van der Waals surface area contributed by atoms with Crippen LogP contribution < -0.4 is 29.7 Å². The Balaban J connectivity index is 1.49. The Hall–Kier alpha value is -3.65. The fraction of sp³-hybridized carbons (Fsp3) is 0.346. The number of aryl methyl sites for hydroxylation is 1. The van der Waals surface area contributed by atoms with Crippen molar-refractivity contribution in [1.82, 2.24) is 9.88 Å². The van der Waals surface area contributed by atoms with E-state index < -0.39 is 0 Å². The standard InChI is InChI=1S/C26H33N5O3/c1-18-6-11-24(27-19-7-9-21(10-8-19)31-14-12-30(2)13-15-31)29-26(18)28-20-16-22(32-3)25(34-5)23(17-20)33-4/h6-11,16-17H,12-15H2,1-5H3,(H2,27,28,29). The van der Waals surface area contributed by atoms with Crippen molar-refractivity contribution in [1.29, 1.82) is 0 Å². The second-order valence-corrected chi connectivity index (χ2v) is 8.36. The second-order valence-electron chi connectivity index (χ2n) is 8.36. The molecule has 2 aromatic carbocycles. The first-order chi connectivity index (χ1) is 16.5. The number of hydrogen-bond donors (Lipinski definition) is 2. The molecular formula is C26H33N5O3. The Morgan fingerprint density at radius 3 is 2.00 bits per heavy atom. The zero-order valence-corrected chi connectivity index (χ0v) is 20.5. The van der Waals surface area contributed by atoms with Crippen LogP contribution in [0.25, 0.3) is 0 Å². The van der Waals surface area contributed by atoms with Crippen LogP contribution in [0.15, 0.2) is 48.5 Å². The van der Waals surface area contributed by atoms with Crippen molar-refractivity contribution in [3.63, 3.8) is 0 Å². The number of nitrogens with one attached hydrogen (secondary N) is 2. The lowest BCUT2D eigenvalue weighted by atomic mass is 10.2. The summed E-state index contributed by atoms with van der Waals surface area (Å²) < 4.78 is 16.3. The molecule has 0 saturated carbocycles. The van der Waals surface area contributed by atoms with Crippen molar-refractivity contribution in [2.45, 2.75) is 6.92 Å². The molecule has 0 radical (unpaired) electrons. The summed E-state index contributed by atoms with van der Waals surface area (Å²) in [4.78, 5) is 9.57. The Bertz CT molecular complexity index is 1090. The van der Waals surface area contributed by atoms with Crippen LogP contribution in [-0.2, 0) is 0 Å². The Morgan fingerprint density at radius 2 is 1.41 bits per heavy atom. The van der Waals surface area contributed by atoms with Crippen LogP contribution >= 0.6 is 0 Å². The molecule has 180 valence electrons. The second kappa shape index (κ2) is 10.5. The maximum Gasteiger partial charge on any atom is 0.203 e. The number of likely N-dealkylation sites (N-methyl/N-ethyl adjacent to an activating group) is 1. The number of benzene rings is 2. The lowest BCUT2D eigenvalue weighted by Crippen LogP contribution is -2.44. The van der Waals surface area contributed by atoms with Gasteiger partial charge in [-0.3, -0.25) is 0 Å². The molecule has 0 unspecified atom stereocenters. The van der Waals surface area contributed by atoms with E-state index in [2.05, 4.69) is 51.7 Å². The van der Waals surface area contributed by atoms with E-state index in [1.807, 2.05) is 31.2 Å². The zero-order chi connectivity index (χ0) is 24.1. The number of piperazine rings is 1. The Kier molecular flexibility index (Phi) is 7.27. The quantitative estimate of drug-likeness (QED) is 0.500. The first kappa shape index (κ1) is 23.5. The summed E-state index contributed by atoms with van der Waals surface area (Å²) in [5, 5.41) is 6.79. The van der Waals surface area contributed by atoms with Crippen molar-refractivity contribution in [3.8, 4) is 17.2 Å². The normalized spacial score (nSPS) is 14.0. The monoisotopic (exact) mass is 463 g/mol. The highest BCUT2D eigenvalue weighted by Crippen LogP contribution is 2.40. The largest absolute Gasteiger partial charge is 0.493 e. The first-order valence-corrected chi connectivity index (χ1v) is 11.4. The third kappa shape index (κ3) is 5.28. The average molecular weight is 464 g/mol. The summed E-state index contributed by atoms with van der Waals surface area (Å²) >= 11 is 0. The Morgan fingerprint density at radius 1 is 0.765 bits per heavy atom. The molecule has 1 aromatic heterocycles. The van der Waals surface area contributed by atoms with Gasteiger partial charge in [0.1, 0.15) is 11.6 Å². The number of nitrogens with zero attached hydrogens (tertiary/aromatic N) is 3. The molecule has 1 aliphatic rings. The van der Waals surface area contributed by atoms with Gasteiger partial charge in [-0.25, -0.2) is 4.98 Å². The molecule has 8 heteroatoms. The minimum Gasteiger partial charge on any atom is -0.493 e. The molecule has 2 heterocycles. The first-order valence-electron chi connectivity index (χ1n) is 11.4. The van der Waals surface area contributed by atoms with Crippen LogP contribution in [-0.4, -0.2) is 64.4 Å². The van der Waals surface area contributed by atoms with Gasteiger partial charge < -0.3 is 34.6 Å². The summed E-state index contributed by atoms with van der Waals surface area (Å²) in [5.41, 5.74) is 4.05. The van der Waals surface area contributed by atoms with E-state index in [0.29, 0.717) is 17.2 Å². The molecule has 1 fully saturated rings. The fourth-order valence-corrected chi connectivity index (χ4v) is 3.98. The van der Waals surface area contributed by atoms with E-state index in [4.69, 9.17) is 19.2 Å². The number of rotatable bonds is 8. The fourth-order valence-electron chi connectivity index (χ4n) is 3.98. The van der Waals surface area contributed by atoms with E-state index in [1.165, 1.54) is 5.69 Å². The maximum absolute atomic E-state index is 5.47. The van der Waals surface area contributed by atoms with E-state index in [-0.39, 0.29) is 0 Å². The molecule has 3 aromatic rings. The predicted molar refractivity (Wildman–Crippen MR) is 138 cm³/mol. The van der Waals surface area contributed by atoms with E-state index in [1.54, 1.807) is 21.3 Å². The zero-order valence-electron chi connectivity index (χ0n) is 20.5. The SMILES string of the molecule is COc1cc(Nc2nc(Nc3ccc(N4CCN(C)CC4)cc3)ccc2C)cc(OC)c1OC. The molecule has 34 heavy (non-hydrogen) atoms. The van der Waals surface area contributed by atoms with Crippen LogP contribution in [0.3, 0.4) is 0 Å². The van der Waals surface area contributed by atoms with Gasteiger partial charge >= 0.3 is 0 Å². The number of hydrogen-bond acceptors (Lipinski definition) is 8. The summed E-state index contributed by atoms with van der Waals surface area (Å²) in [6.07, 6.45) is 0. The lowest BCUT2D eigenvalue weighted by Gasteiger charge is -2.34. The van der Waals surface area contributed by atoms with Crippen molar-refractivity contribution < 1.29 is 14.2 Å². The molecule has 0 aliphatic carbocycles. The summed E-state index contributed by atoms with van der Waals surface area (Å²) in [6.45, 7) is 6.31. The van der Waals surface area contributed by atoms with E-state index >= 15 is 0 Å². The molecule has 0 amide bonds. The van der Waals surface area contributed by atoms with Gasteiger partial charge in [-0.15, -0.1) is 0 Å². The van der Waals surface area contributed by atoms with E-state index in [9.17, 15) is 0 Å². The highest BCUT2D eigenvalue weighted by atomic mass is 16.5. The summed E-state index contributed by atoms with van der Waals surface area (Å²) in [7, 11) is 6.96. The van der Waals surface area contributed by atoms with Crippen LogP contribution in [0, 0.1) is 6.92 Å². The molecule has 2 N–H and O–H groups in total. The van der Waals surface area contributed by atoms with Gasteiger partial charge in [0.15, 0.2) is 11.5 Å². The summed E-state index contributed by atoms with van der Waals surface area (Å²) in [5.74, 6) is 3.21. The van der Waals surface area contributed by atoms with Crippen LogP contribution in [0.5, 0.6) is 17.2 Å². The van der Waals surface area contributed by atoms with Gasteiger partial charge in [0.2, 0.25) is 5.75 Å². The maximum atomic E-state index is 5.47. The topological polar surface area (TPSA) is 71.1 Å². The van der Waals surface area contributed by atoms with Gasteiger partial charge in [0.25, 0.3) is 0 Å². The molecule has 0 spiro atoms. The van der Waals surface area contributed by atoms with Crippen molar-refractivity contribution >= 4 is 28.7 Å². The highest BCUT2D eigenvalue weighted by Gasteiger charge is 2.15. The Labute approximate surface area is 201 Å². The van der Waals surface area contributed by atoms with E-state index in [0.717, 1.165) is 54.8 Å². The summed E-state index contributed by atoms with van der Waals surface area (Å²) in [6, 6.07) is 16.3. The van der Waals surface area contributed by atoms with Crippen LogP contribution in [0.4, 0.5) is 28.7 Å². The third-order valence-electron chi connectivity index (χ3n) is 6.03. The van der Waals surface area contributed by atoms with Crippen molar-refractivity contribution in [2.24, 2.45) is 0 Å². The highest BCUT2D eigenvalue weighted by molar-refractivity contribution is 5.69. The minimum atomic E-state index is 0.552. The van der Waals surface area contributed by atoms with Gasteiger partial charge in [0.05, 0.1) is 21.3 Å². The minimum absolute atomic E-state index is 0.552. The van der Waals surface area contributed by atoms with Gasteiger partial charge in [-0.1, -0.05) is 6.07 Å². The molecular weight excluding hydrogens is 430 g/mol. The number of anilines is 5. The molecule has 8 nitrogen and oxygen atoms in total. The molecule has 0 atom stereocenters. The van der Waals surface area contributed by atoms with Crippen LogP contribution in [0.2, 0.25) is 0 Å². The lowest BCUT2D eigenvalue weighted by molar-refractivity contribution is 0.313. The third-order valence-corrected chi connectivity index (χ3v) is 6.03. The number of methoxy groups -OCH3 is 3. The predicted octanol–water partition coefficient (Wildman–Crippen LogP) is 4.65. The molecule has 1 aliphatic heterocycles. The average Bonchev–Trinajstić information content (AvgIpc) is 2.86. The smallest absolute Gasteiger partial charge is 0.203 e. The molecule has 0 bridgehead atoms. The van der Waals surface area contributed by atoms with Gasteiger partial charge in [0, 0.05) is 55.4 Å². The number of aromatic nitrogens is 1. The number of pyridine rings is 1. The van der Waals surface area contributed by atoms with Gasteiger partial charge in [-0.2, -0.15) is 0 Å². The molecule has 4 rings (SSSR count). The van der Waals surface area contributed by atoms with Gasteiger partial charge in [-0.05, 0) is 49.9 Å². The van der Waals surface area contributed by atoms with Crippen molar-refractivity contribution in [3.05, 3.63) is 54.1 Å². The number of ether oxygens (including phenoxy) is 3. The molecule has 1 saturated heterocycles. The van der Waals surface area contributed by atoms with Crippen molar-refractivity contribution in [2.75, 3.05) is 70.1 Å².